The number of anilines is 1. The number of aryl methyl sites for hydroxylation is 1. The maximum Gasteiger partial charge on any atom is 0.311 e. The molecule has 3 N–H and O–H groups in total. The highest BCUT2D eigenvalue weighted by molar-refractivity contribution is 5.49. The number of nitrogens with one attached hydrogen (secondary N) is 1. The maximum absolute atomic E-state index is 11.1. The van der Waals surface area contributed by atoms with E-state index in [1.807, 2.05) is 13.0 Å². The van der Waals surface area contributed by atoms with Crippen LogP contribution in [0.25, 0.3) is 0 Å². The van der Waals surface area contributed by atoms with Gasteiger partial charge in [0.25, 0.3) is 0 Å². The summed E-state index contributed by atoms with van der Waals surface area (Å²) in [6, 6.07) is 8.38. The molecule has 0 atom stereocenters. The van der Waals surface area contributed by atoms with Gasteiger partial charge in [0.15, 0.2) is 5.75 Å². The number of nitro groups is 1. The standard InChI is InChI=1S/C14H16N4O3/c1-2-10-3-4-14(13(7-10)18(19)20)21-9-12-8-11(17-15)5-6-16-12/h3-8H,2,9,15H2,1H3,(H,16,17). The quantitative estimate of drug-likeness (QED) is 0.480. The molecule has 0 spiro atoms. The Hall–Kier alpha value is -2.67. The van der Waals surface area contributed by atoms with Crippen molar-refractivity contribution in [3.63, 3.8) is 0 Å². The number of aromatic nitrogens is 1. The van der Waals surface area contributed by atoms with Crippen LogP contribution < -0.4 is 16.0 Å². The Balaban J connectivity index is 2.17. The predicted molar refractivity (Wildman–Crippen MR) is 78.9 cm³/mol. The number of nitrogens with two attached hydrogens (primary N) is 1. The van der Waals surface area contributed by atoms with Crippen LogP contribution in [0.1, 0.15) is 18.2 Å². The van der Waals surface area contributed by atoms with Crippen LogP contribution in [0, 0.1) is 10.1 Å². The van der Waals surface area contributed by atoms with Crippen molar-refractivity contribution in [2.75, 3.05) is 5.43 Å². The summed E-state index contributed by atoms with van der Waals surface area (Å²) in [6.45, 7) is 2.07. The van der Waals surface area contributed by atoms with Gasteiger partial charge < -0.3 is 10.2 Å². The molecule has 0 radical (unpaired) electrons. The van der Waals surface area contributed by atoms with E-state index in [0.717, 1.165) is 12.0 Å². The van der Waals surface area contributed by atoms with Crippen LogP contribution >= 0.6 is 0 Å². The number of hydrazine groups is 1. The van der Waals surface area contributed by atoms with Crippen LogP contribution in [0.4, 0.5) is 11.4 Å². The van der Waals surface area contributed by atoms with Crippen LogP contribution in [-0.2, 0) is 13.0 Å². The first-order valence-electron chi connectivity index (χ1n) is 6.45. The lowest BCUT2D eigenvalue weighted by Crippen LogP contribution is -2.08. The van der Waals surface area contributed by atoms with Crippen molar-refractivity contribution >= 4 is 11.4 Å². The number of hydrogen-bond donors (Lipinski definition) is 2. The number of nitrogen functional groups attached to an aromatic ring is 1. The fourth-order valence-corrected chi connectivity index (χ4v) is 1.85. The first-order valence-corrected chi connectivity index (χ1v) is 6.45. The molecule has 0 bridgehead atoms. The molecule has 2 aromatic rings. The van der Waals surface area contributed by atoms with Gasteiger partial charge in [-0.05, 0) is 30.2 Å². The minimum Gasteiger partial charge on any atom is -0.480 e. The number of nitro benzene ring substituents is 1. The Morgan fingerprint density at radius 3 is 2.86 bits per heavy atom. The highest BCUT2D eigenvalue weighted by Gasteiger charge is 2.15. The summed E-state index contributed by atoms with van der Waals surface area (Å²) in [5.74, 6) is 5.54. The van der Waals surface area contributed by atoms with Gasteiger partial charge in [-0.15, -0.1) is 0 Å². The van der Waals surface area contributed by atoms with E-state index in [2.05, 4.69) is 10.4 Å². The third-order valence-corrected chi connectivity index (χ3v) is 2.99. The Kier molecular flexibility index (Phi) is 4.68. The first kappa shape index (κ1) is 14.7. The van der Waals surface area contributed by atoms with Crippen LogP contribution in [0.5, 0.6) is 5.75 Å². The minimum absolute atomic E-state index is 0.0394. The number of ether oxygens (including phenoxy) is 1. The molecule has 1 aromatic carbocycles. The summed E-state index contributed by atoms with van der Waals surface area (Å²) in [4.78, 5) is 14.8. The minimum atomic E-state index is -0.445. The average Bonchev–Trinajstić information content (AvgIpc) is 2.52. The monoisotopic (exact) mass is 288 g/mol. The van der Waals surface area contributed by atoms with Crippen LogP contribution in [0.3, 0.4) is 0 Å². The lowest BCUT2D eigenvalue weighted by Gasteiger charge is -2.08. The zero-order chi connectivity index (χ0) is 15.2. The van der Waals surface area contributed by atoms with Crippen LogP contribution in [0.2, 0.25) is 0 Å². The molecular weight excluding hydrogens is 272 g/mol. The molecule has 110 valence electrons. The molecule has 0 unspecified atom stereocenters. The number of pyridine rings is 1. The van der Waals surface area contributed by atoms with Crippen LogP contribution in [0.15, 0.2) is 36.5 Å². The Morgan fingerprint density at radius 1 is 1.38 bits per heavy atom. The van der Waals surface area contributed by atoms with Gasteiger partial charge in [0.1, 0.15) is 6.61 Å². The van der Waals surface area contributed by atoms with Crippen molar-refractivity contribution in [2.45, 2.75) is 20.0 Å². The zero-order valence-corrected chi connectivity index (χ0v) is 11.6. The fourth-order valence-electron chi connectivity index (χ4n) is 1.85. The third-order valence-electron chi connectivity index (χ3n) is 2.99. The average molecular weight is 288 g/mol. The van der Waals surface area contributed by atoms with E-state index in [1.54, 1.807) is 24.4 Å². The normalized spacial score (nSPS) is 10.2. The van der Waals surface area contributed by atoms with E-state index in [9.17, 15) is 10.1 Å². The van der Waals surface area contributed by atoms with Crippen molar-refractivity contribution in [1.82, 2.24) is 4.98 Å². The first-order chi connectivity index (χ1) is 10.1. The summed E-state index contributed by atoms with van der Waals surface area (Å²) < 4.78 is 5.51. The van der Waals surface area contributed by atoms with E-state index in [0.29, 0.717) is 11.4 Å². The van der Waals surface area contributed by atoms with Gasteiger partial charge in [-0.2, -0.15) is 0 Å². The van der Waals surface area contributed by atoms with Gasteiger partial charge in [0.2, 0.25) is 0 Å². The van der Waals surface area contributed by atoms with Gasteiger partial charge >= 0.3 is 5.69 Å². The highest BCUT2D eigenvalue weighted by atomic mass is 16.6. The largest absolute Gasteiger partial charge is 0.480 e. The molecule has 1 heterocycles. The van der Waals surface area contributed by atoms with Gasteiger partial charge in [-0.25, -0.2) is 0 Å². The Morgan fingerprint density at radius 2 is 2.19 bits per heavy atom. The molecule has 0 aliphatic rings. The second kappa shape index (κ2) is 6.67. The Labute approximate surface area is 121 Å². The van der Waals surface area contributed by atoms with E-state index in [-0.39, 0.29) is 18.0 Å². The van der Waals surface area contributed by atoms with Crippen molar-refractivity contribution in [3.8, 4) is 5.75 Å². The molecule has 0 amide bonds. The third kappa shape index (κ3) is 3.67. The number of hydrogen-bond acceptors (Lipinski definition) is 6. The van der Waals surface area contributed by atoms with Gasteiger partial charge in [0, 0.05) is 12.3 Å². The molecular formula is C14H16N4O3. The van der Waals surface area contributed by atoms with Crippen molar-refractivity contribution < 1.29 is 9.66 Å². The molecule has 2 rings (SSSR count). The second-order valence-electron chi connectivity index (χ2n) is 4.38. The molecule has 7 nitrogen and oxygen atoms in total. The second-order valence-corrected chi connectivity index (χ2v) is 4.38. The molecule has 21 heavy (non-hydrogen) atoms. The Bertz CT molecular complexity index is 646. The van der Waals surface area contributed by atoms with E-state index < -0.39 is 4.92 Å². The van der Waals surface area contributed by atoms with Crippen molar-refractivity contribution in [2.24, 2.45) is 5.84 Å². The molecule has 0 fully saturated rings. The summed E-state index contributed by atoms with van der Waals surface area (Å²) >= 11 is 0. The fraction of sp³-hybridized carbons (Fsp3) is 0.214. The van der Waals surface area contributed by atoms with Crippen molar-refractivity contribution in [1.29, 1.82) is 0 Å². The van der Waals surface area contributed by atoms with Gasteiger partial charge in [-0.3, -0.25) is 20.9 Å². The van der Waals surface area contributed by atoms with Crippen molar-refractivity contribution in [3.05, 3.63) is 57.9 Å². The number of rotatable bonds is 6. The van der Waals surface area contributed by atoms with Crippen LogP contribution in [-0.4, -0.2) is 9.91 Å². The van der Waals surface area contributed by atoms with E-state index >= 15 is 0 Å². The maximum atomic E-state index is 11.1. The number of benzene rings is 1. The lowest BCUT2D eigenvalue weighted by atomic mass is 10.1. The SMILES string of the molecule is CCc1ccc(OCc2cc(NN)ccn2)c([N+](=O)[O-])c1. The molecule has 0 saturated carbocycles. The lowest BCUT2D eigenvalue weighted by molar-refractivity contribution is -0.386. The van der Waals surface area contributed by atoms with Gasteiger partial charge in [-0.1, -0.05) is 13.0 Å². The molecule has 1 aromatic heterocycles. The van der Waals surface area contributed by atoms with E-state index in [4.69, 9.17) is 10.6 Å². The highest BCUT2D eigenvalue weighted by Crippen LogP contribution is 2.28. The summed E-state index contributed by atoms with van der Waals surface area (Å²) in [5, 5.41) is 11.1. The van der Waals surface area contributed by atoms with Gasteiger partial charge in [0.05, 0.1) is 16.3 Å². The number of nitrogens with zero attached hydrogens (tertiary/aromatic N) is 2. The predicted octanol–water partition coefficient (Wildman–Crippen LogP) is 2.42. The molecule has 0 aliphatic carbocycles. The summed E-state index contributed by atoms with van der Waals surface area (Å²) in [5.41, 5.74) is 4.68. The summed E-state index contributed by atoms with van der Waals surface area (Å²) in [6.07, 6.45) is 2.31. The molecule has 0 aliphatic heterocycles. The smallest absolute Gasteiger partial charge is 0.311 e. The molecule has 7 heteroatoms. The van der Waals surface area contributed by atoms with E-state index in [1.165, 1.54) is 6.07 Å². The molecule has 0 saturated heterocycles. The summed E-state index contributed by atoms with van der Waals surface area (Å²) in [7, 11) is 0. The zero-order valence-electron chi connectivity index (χ0n) is 11.6. The topological polar surface area (TPSA) is 103 Å².